The highest BCUT2D eigenvalue weighted by Gasteiger charge is 2.34. The molecule has 0 spiro atoms. The first-order valence-electron chi connectivity index (χ1n) is 14.3. The van der Waals surface area contributed by atoms with Gasteiger partial charge in [0, 0.05) is 18.7 Å². The van der Waals surface area contributed by atoms with E-state index in [2.05, 4.69) is 5.32 Å². The number of methoxy groups -OCH3 is 2. The number of carbonyl (C=O) groups is 2. The molecule has 4 rings (SSSR count). The lowest BCUT2D eigenvalue weighted by atomic mass is 9.95. The number of rotatable bonds is 12. The van der Waals surface area contributed by atoms with Gasteiger partial charge in [-0.25, -0.2) is 12.8 Å². The monoisotopic (exact) mass is 611 g/mol. The second kappa shape index (κ2) is 14.4. The molecule has 0 unspecified atom stereocenters. The Morgan fingerprint density at radius 1 is 0.953 bits per heavy atom. The Labute approximate surface area is 252 Å². The Morgan fingerprint density at radius 3 is 2.26 bits per heavy atom. The second-order valence-electron chi connectivity index (χ2n) is 10.5. The number of ether oxygens (including phenoxy) is 2. The van der Waals surface area contributed by atoms with Crippen molar-refractivity contribution in [3.63, 3.8) is 0 Å². The molecule has 0 heterocycles. The number of benzene rings is 3. The first kappa shape index (κ1) is 31.8. The lowest BCUT2D eigenvalue weighted by molar-refractivity contribution is -0.139. The average Bonchev–Trinajstić information content (AvgIpc) is 3.03. The molecule has 230 valence electrons. The number of sulfonamides is 1. The summed E-state index contributed by atoms with van der Waals surface area (Å²) in [7, 11) is -1.44. The normalized spacial score (nSPS) is 14.4. The molecule has 2 amide bonds. The van der Waals surface area contributed by atoms with E-state index in [1.54, 1.807) is 37.3 Å². The van der Waals surface area contributed by atoms with Crippen molar-refractivity contribution in [2.24, 2.45) is 0 Å². The predicted molar refractivity (Wildman–Crippen MR) is 162 cm³/mol. The number of carbonyl (C=O) groups excluding carboxylic acids is 2. The maximum absolute atomic E-state index is 14.2. The third kappa shape index (κ3) is 7.84. The summed E-state index contributed by atoms with van der Waals surface area (Å²) in [5.41, 5.74) is 0.684. The van der Waals surface area contributed by atoms with Crippen molar-refractivity contribution in [2.45, 2.75) is 62.6 Å². The van der Waals surface area contributed by atoms with Crippen molar-refractivity contribution in [2.75, 3.05) is 25.1 Å². The Kier molecular flexibility index (Phi) is 10.6. The zero-order chi connectivity index (χ0) is 31.0. The number of halogens is 1. The highest BCUT2D eigenvalue weighted by Crippen LogP contribution is 2.36. The highest BCUT2D eigenvalue weighted by atomic mass is 32.2. The van der Waals surface area contributed by atoms with Crippen molar-refractivity contribution >= 4 is 27.5 Å². The van der Waals surface area contributed by atoms with Crippen molar-refractivity contribution in [3.05, 3.63) is 84.2 Å². The van der Waals surface area contributed by atoms with Gasteiger partial charge in [-0.2, -0.15) is 0 Å². The summed E-state index contributed by atoms with van der Waals surface area (Å²) in [6.45, 7) is 0.942. The van der Waals surface area contributed by atoms with Crippen molar-refractivity contribution in [1.82, 2.24) is 10.2 Å². The van der Waals surface area contributed by atoms with Gasteiger partial charge in [0.15, 0.2) is 0 Å². The summed E-state index contributed by atoms with van der Waals surface area (Å²) in [5.74, 6) is -0.824. The predicted octanol–water partition coefficient (Wildman–Crippen LogP) is 4.90. The van der Waals surface area contributed by atoms with Gasteiger partial charge in [0.05, 0.1) is 24.8 Å². The fourth-order valence-electron chi connectivity index (χ4n) is 5.16. The van der Waals surface area contributed by atoms with E-state index in [1.807, 2.05) is 0 Å². The highest BCUT2D eigenvalue weighted by molar-refractivity contribution is 7.92. The van der Waals surface area contributed by atoms with Gasteiger partial charge in [-0.05, 0) is 61.7 Å². The lowest BCUT2D eigenvalue weighted by Crippen LogP contribution is -2.53. The van der Waals surface area contributed by atoms with E-state index in [4.69, 9.17) is 9.47 Å². The van der Waals surface area contributed by atoms with Gasteiger partial charge in [-0.3, -0.25) is 13.9 Å². The van der Waals surface area contributed by atoms with E-state index < -0.39 is 34.3 Å². The molecule has 9 nitrogen and oxygen atoms in total. The summed E-state index contributed by atoms with van der Waals surface area (Å²) in [6.07, 6.45) is 4.89. The fourth-order valence-corrected chi connectivity index (χ4v) is 6.60. The minimum Gasteiger partial charge on any atom is -0.497 e. The van der Waals surface area contributed by atoms with E-state index in [0.717, 1.165) is 36.4 Å². The number of nitrogens with one attached hydrogen (secondary N) is 1. The molecular formula is C32H38FN3O6S. The van der Waals surface area contributed by atoms with Crippen molar-refractivity contribution < 1.29 is 31.9 Å². The van der Waals surface area contributed by atoms with Crippen LogP contribution in [0.15, 0.2) is 77.7 Å². The van der Waals surface area contributed by atoms with Gasteiger partial charge in [-0.1, -0.05) is 49.6 Å². The van der Waals surface area contributed by atoms with Crippen LogP contribution in [0.4, 0.5) is 10.1 Å². The van der Waals surface area contributed by atoms with Crippen LogP contribution in [0.1, 0.15) is 44.6 Å². The Bertz CT molecular complexity index is 1500. The van der Waals surface area contributed by atoms with Gasteiger partial charge in [-0.15, -0.1) is 0 Å². The number of amides is 2. The summed E-state index contributed by atoms with van der Waals surface area (Å²) in [6, 6.07) is 17.1. The fraction of sp³-hybridized carbons (Fsp3) is 0.375. The molecule has 1 saturated carbocycles. The Morgan fingerprint density at radius 2 is 1.63 bits per heavy atom. The molecule has 1 fully saturated rings. The van der Waals surface area contributed by atoms with Gasteiger partial charge >= 0.3 is 0 Å². The quantitative estimate of drug-likeness (QED) is 0.312. The van der Waals surface area contributed by atoms with Crippen molar-refractivity contribution in [1.29, 1.82) is 0 Å². The van der Waals surface area contributed by atoms with E-state index >= 15 is 0 Å². The second-order valence-corrected chi connectivity index (χ2v) is 12.4. The zero-order valence-corrected chi connectivity index (χ0v) is 25.5. The van der Waals surface area contributed by atoms with E-state index in [1.165, 1.54) is 61.6 Å². The van der Waals surface area contributed by atoms with Crippen LogP contribution >= 0.6 is 0 Å². The lowest BCUT2D eigenvalue weighted by Gasteiger charge is -2.33. The number of hydrogen-bond donors (Lipinski definition) is 1. The van der Waals surface area contributed by atoms with Crippen LogP contribution < -0.4 is 19.1 Å². The molecule has 0 radical (unpaired) electrons. The summed E-state index contributed by atoms with van der Waals surface area (Å²) in [5, 5.41) is 3.06. The molecule has 3 aromatic carbocycles. The van der Waals surface area contributed by atoms with Crippen LogP contribution in [-0.2, 0) is 26.2 Å². The molecule has 43 heavy (non-hydrogen) atoms. The van der Waals surface area contributed by atoms with Crippen molar-refractivity contribution in [3.8, 4) is 11.5 Å². The molecule has 0 aliphatic heterocycles. The van der Waals surface area contributed by atoms with Crippen LogP contribution in [0, 0.1) is 5.82 Å². The maximum atomic E-state index is 14.2. The first-order chi connectivity index (χ1) is 20.6. The maximum Gasteiger partial charge on any atom is 0.264 e. The minimum atomic E-state index is -4.29. The topological polar surface area (TPSA) is 105 Å². The molecular weight excluding hydrogens is 573 g/mol. The van der Waals surface area contributed by atoms with Crippen LogP contribution in [0.2, 0.25) is 0 Å². The van der Waals surface area contributed by atoms with Gasteiger partial charge in [0.1, 0.15) is 29.9 Å². The molecule has 0 bridgehead atoms. The van der Waals surface area contributed by atoms with Crippen LogP contribution in [0.25, 0.3) is 0 Å². The van der Waals surface area contributed by atoms with Crippen LogP contribution in [0.3, 0.4) is 0 Å². The molecule has 1 atom stereocenters. The summed E-state index contributed by atoms with van der Waals surface area (Å²) in [4.78, 5) is 28.9. The Balaban J connectivity index is 1.73. The average molecular weight is 612 g/mol. The number of anilines is 1. The van der Waals surface area contributed by atoms with Crippen LogP contribution in [-0.4, -0.2) is 58.0 Å². The zero-order valence-electron chi connectivity index (χ0n) is 24.7. The third-order valence-corrected chi connectivity index (χ3v) is 9.42. The minimum absolute atomic E-state index is 0.0162. The SMILES string of the molecule is COc1ccc(OC)c(N(CC(=O)N(Cc2ccc(F)cc2)[C@H](C)C(=O)NC2CCCCC2)S(=O)(=O)c2ccccc2)c1. The first-order valence-corrected chi connectivity index (χ1v) is 15.7. The third-order valence-electron chi connectivity index (χ3n) is 7.65. The Hall–Kier alpha value is -4.12. The molecule has 11 heteroatoms. The standard InChI is InChI=1S/C32H38FN3O6S/c1-23(32(38)34-26-10-6-4-7-11-26)35(21-24-14-16-25(33)17-15-24)31(37)22-36(43(39,40)28-12-8-5-9-13-28)29-20-27(41-2)18-19-30(29)42-3/h5,8-9,12-20,23,26H,4,6-7,10-11,21-22H2,1-3H3,(H,34,38)/t23-/m1/s1. The van der Waals surface area contributed by atoms with Crippen LogP contribution in [0.5, 0.6) is 11.5 Å². The molecule has 0 saturated heterocycles. The summed E-state index contributed by atoms with van der Waals surface area (Å²) >= 11 is 0. The number of hydrogen-bond acceptors (Lipinski definition) is 6. The van der Waals surface area contributed by atoms with Gasteiger partial charge in [0.2, 0.25) is 11.8 Å². The van der Waals surface area contributed by atoms with E-state index in [-0.39, 0.29) is 34.8 Å². The smallest absolute Gasteiger partial charge is 0.264 e. The van der Waals surface area contributed by atoms with E-state index in [0.29, 0.717) is 11.3 Å². The molecule has 1 aliphatic carbocycles. The summed E-state index contributed by atoms with van der Waals surface area (Å²) < 4.78 is 53.6. The molecule has 1 aliphatic rings. The molecule has 1 N–H and O–H groups in total. The number of nitrogens with zero attached hydrogens (tertiary/aromatic N) is 2. The van der Waals surface area contributed by atoms with Gasteiger partial charge < -0.3 is 19.7 Å². The largest absolute Gasteiger partial charge is 0.497 e. The molecule has 3 aromatic rings. The van der Waals surface area contributed by atoms with E-state index in [9.17, 15) is 22.4 Å². The van der Waals surface area contributed by atoms with Gasteiger partial charge in [0.25, 0.3) is 10.0 Å². The molecule has 0 aromatic heterocycles.